The van der Waals surface area contributed by atoms with Crippen LogP contribution in [0.1, 0.15) is 43.7 Å². The predicted molar refractivity (Wildman–Crippen MR) is 93.4 cm³/mol. The van der Waals surface area contributed by atoms with Crippen molar-refractivity contribution in [1.82, 2.24) is 20.1 Å². The van der Waals surface area contributed by atoms with E-state index in [1.165, 1.54) is 6.54 Å². The first-order valence-corrected chi connectivity index (χ1v) is 8.64. The summed E-state index contributed by atoms with van der Waals surface area (Å²) in [6.07, 6.45) is 1.68. The minimum Gasteiger partial charge on any atom is -0.350 e. The zero-order valence-electron chi connectivity index (χ0n) is 14.9. The fourth-order valence-electron chi connectivity index (χ4n) is 2.87. The van der Waals surface area contributed by atoms with E-state index in [1.807, 2.05) is 26.0 Å². The number of hydrogen-bond donors (Lipinski definition) is 1. The molecule has 23 heavy (non-hydrogen) atoms. The molecule has 0 atom stereocenters. The molecule has 0 aliphatic carbocycles. The summed E-state index contributed by atoms with van der Waals surface area (Å²) in [5.41, 5.74) is 1.66. The lowest BCUT2D eigenvalue weighted by Gasteiger charge is -2.35. The highest BCUT2D eigenvalue weighted by Gasteiger charge is 2.18. The van der Waals surface area contributed by atoms with E-state index in [2.05, 4.69) is 33.9 Å². The Bertz CT molecular complexity index is 490. The van der Waals surface area contributed by atoms with Gasteiger partial charge in [-0.1, -0.05) is 13.8 Å². The monoisotopic (exact) mass is 318 g/mol. The Morgan fingerprint density at radius 1 is 1.13 bits per heavy atom. The topological polar surface area (TPSA) is 48.5 Å². The van der Waals surface area contributed by atoms with Crippen molar-refractivity contribution in [1.29, 1.82) is 0 Å². The van der Waals surface area contributed by atoms with Crippen LogP contribution in [0.25, 0.3) is 0 Å². The summed E-state index contributed by atoms with van der Waals surface area (Å²) in [6, 6.07) is 3.98. The Hall–Kier alpha value is -1.46. The highest BCUT2D eigenvalue weighted by Crippen LogP contribution is 2.09. The second kappa shape index (κ2) is 8.41. The van der Waals surface area contributed by atoms with Crippen LogP contribution in [-0.2, 0) is 6.54 Å². The molecule has 1 aromatic heterocycles. The van der Waals surface area contributed by atoms with Crippen LogP contribution in [-0.4, -0.2) is 59.5 Å². The zero-order valence-corrected chi connectivity index (χ0v) is 14.9. The van der Waals surface area contributed by atoms with Gasteiger partial charge in [0.15, 0.2) is 0 Å². The third kappa shape index (κ3) is 5.92. The number of hydrogen-bond acceptors (Lipinski definition) is 4. The van der Waals surface area contributed by atoms with E-state index >= 15 is 0 Å². The van der Waals surface area contributed by atoms with Crippen LogP contribution in [0.2, 0.25) is 0 Å². The van der Waals surface area contributed by atoms with Crippen LogP contribution < -0.4 is 5.32 Å². The molecule has 0 aromatic carbocycles. The van der Waals surface area contributed by atoms with Crippen molar-refractivity contribution >= 4 is 5.91 Å². The molecule has 1 aliphatic rings. The number of nitrogens with one attached hydrogen (secondary N) is 1. The van der Waals surface area contributed by atoms with Gasteiger partial charge in [-0.05, 0) is 31.9 Å². The summed E-state index contributed by atoms with van der Waals surface area (Å²) in [6.45, 7) is 14.9. The van der Waals surface area contributed by atoms with Crippen molar-refractivity contribution < 1.29 is 4.79 Å². The molecule has 1 amide bonds. The first-order chi connectivity index (χ1) is 10.9. The first kappa shape index (κ1) is 17.9. The molecule has 2 rings (SSSR count). The summed E-state index contributed by atoms with van der Waals surface area (Å²) in [5.74, 6) is 0.675. The van der Waals surface area contributed by atoms with Gasteiger partial charge in [0.1, 0.15) is 0 Å². The molecular weight excluding hydrogens is 288 g/mol. The maximum absolute atomic E-state index is 11.9. The zero-order chi connectivity index (χ0) is 16.8. The maximum Gasteiger partial charge on any atom is 0.253 e. The molecule has 128 valence electrons. The summed E-state index contributed by atoms with van der Waals surface area (Å²) in [7, 11) is 0. The van der Waals surface area contributed by atoms with Gasteiger partial charge >= 0.3 is 0 Å². The van der Waals surface area contributed by atoms with E-state index in [1.54, 1.807) is 6.20 Å². The van der Waals surface area contributed by atoms with Crippen LogP contribution in [0.15, 0.2) is 18.3 Å². The molecule has 0 radical (unpaired) electrons. The Morgan fingerprint density at radius 3 is 2.30 bits per heavy atom. The van der Waals surface area contributed by atoms with Crippen LogP contribution in [0.5, 0.6) is 0 Å². The summed E-state index contributed by atoms with van der Waals surface area (Å²) in [5, 5.41) is 2.89. The fraction of sp³-hybridized carbons (Fsp3) is 0.667. The van der Waals surface area contributed by atoms with E-state index in [9.17, 15) is 4.79 Å². The molecule has 1 fully saturated rings. The normalized spacial score (nSPS) is 17.0. The van der Waals surface area contributed by atoms with E-state index < -0.39 is 0 Å². The SMILES string of the molecule is CC(C)CN1CCN(Cc2ccc(C(=O)NC(C)C)cn2)CC1. The Balaban J connectivity index is 1.81. The van der Waals surface area contributed by atoms with Gasteiger partial charge in [0.2, 0.25) is 0 Å². The van der Waals surface area contributed by atoms with Gasteiger partial charge in [-0.2, -0.15) is 0 Å². The standard InChI is InChI=1S/C18H30N4O/c1-14(2)12-21-7-9-22(10-8-21)13-17-6-5-16(11-19-17)18(23)20-15(3)4/h5-6,11,14-15H,7-10,12-13H2,1-4H3,(H,20,23). The van der Waals surface area contributed by atoms with E-state index in [0.717, 1.165) is 44.3 Å². The van der Waals surface area contributed by atoms with Gasteiger partial charge in [-0.25, -0.2) is 0 Å². The maximum atomic E-state index is 11.9. The Kier molecular flexibility index (Phi) is 6.54. The van der Waals surface area contributed by atoms with E-state index in [4.69, 9.17) is 0 Å². The lowest BCUT2D eigenvalue weighted by atomic mass is 10.2. The number of carbonyl (C=O) groups excluding carboxylic acids is 1. The second-order valence-corrected chi connectivity index (χ2v) is 7.14. The predicted octanol–water partition coefficient (Wildman–Crippen LogP) is 1.99. The van der Waals surface area contributed by atoms with Gasteiger partial charge in [0, 0.05) is 51.5 Å². The quantitative estimate of drug-likeness (QED) is 0.871. The van der Waals surface area contributed by atoms with Gasteiger partial charge in [0.05, 0.1) is 11.3 Å². The molecule has 1 aliphatic heterocycles. The molecule has 0 unspecified atom stereocenters. The number of nitrogens with zero attached hydrogens (tertiary/aromatic N) is 3. The third-order valence-corrected chi connectivity index (χ3v) is 3.98. The molecule has 5 heteroatoms. The van der Waals surface area contributed by atoms with Gasteiger partial charge in [0.25, 0.3) is 5.91 Å². The lowest BCUT2D eigenvalue weighted by Crippen LogP contribution is -2.46. The van der Waals surface area contributed by atoms with Gasteiger partial charge < -0.3 is 10.2 Å². The van der Waals surface area contributed by atoms with Crippen molar-refractivity contribution in [2.75, 3.05) is 32.7 Å². The van der Waals surface area contributed by atoms with Crippen LogP contribution in [0.3, 0.4) is 0 Å². The van der Waals surface area contributed by atoms with Gasteiger partial charge in [-0.3, -0.25) is 14.7 Å². The molecule has 0 spiro atoms. The minimum atomic E-state index is -0.0543. The molecule has 1 aromatic rings. The summed E-state index contributed by atoms with van der Waals surface area (Å²) >= 11 is 0. The van der Waals surface area contributed by atoms with Gasteiger partial charge in [-0.15, -0.1) is 0 Å². The number of piperazine rings is 1. The van der Waals surface area contributed by atoms with Crippen LogP contribution in [0, 0.1) is 5.92 Å². The summed E-state index contributed by atoms with van der Waals surface area (Å²) in [4.78, 5) is 21.3. The highest BCUT2D eigenvalue weighted by molar-refractivity contribution is 5.93. The Labute approximate surface area is 140 Å². The number of amides is 1. The van der Waals surface area contributed by atoms with Crippen molar-refractivity contribution in [3.63, 3.8) is 0 Å². The average Bonchev–Trinajstić information content (AvgIpc) is 2.49. The number of rotatable bonds is 6. The van der Waals surface area contributed by atoms with Crippen molar-refractivity contribution in [2.24, 2.45) is 5.92 Å². The Morgan fingerprint density at radius 2 is 1.78 bits per heavy atom. The average molecular weight is 318 g/mol. The first-order valence-electron chi connectivity index (χ1n) is 8.64. The van der Waals surface area contributed by atoms with Crippen LogP contribution >= 0.6 is 0 Å². The molecular formula is C18H30N4O. The fourth-order valence-corrected chi connectivity index (χ4v) is 2.87. The molecule has 0 saturated carbocycles. The van der Waals surface area contributed by atoms with Crippen molar-refractivity contribution in [3.05, 3.63) is 29.6 Å². The molecule has 5 nitrogen and oxygen atoms in total. The van der Waals surface area contributed by atoms with Crippen molar-refractivity contribution in [3.8, 4) is 0 Å². The lowest BCUT2D eigenvalue weighted by molar-refractivity contribution is 0.0942. The molecule has 0 bridgehead atoms. The van der Waals surface area contributed by atoms with Crippen molar-refractivity contribution in [2.45, 2.75) is 40.3 Å². The minimum absolute atomic E-state index is 0.0543. The largest absolute Gasteiger partial charge is 0.350 e. The van der Waals surface area contributed by atoms with E-state index in [-0.39, 0.29) is 11.9 Å². The van der Waals surface area contributed by atoms with Crippen LogP contribution in [0.4, 0.5) is 0 Å². The third-order valence-electron chi connectivity index (χ3n) is 3.98. The summed E-state index contributed by atoms with van der Waals surface area (Å²) < 4.78 is 0. The van der Waals surface area contributed by atoms with E-state index in [0.29, 0.717) is 5.56 Å². The molecule has 1 saturated heterocycles. The smallest absolute Gasteiger partial charge is 0.253 e. The molecule has 2 heterocycles. The number of pyridine rings is 1. The highest BCUT2D eigenvalue weighted by atomic mass is 16.1. The molecule has 1 N–H and O–H groups in total. The number of carbonyl (C=O) groups is 1. The second-order valence-electron chi connectivity index (χ2n) is 7.14. The number of aromatic nitrogens is 1.